The lowest BCUT2D eigenvalue weighted by molar-refractivity contribution is -0.149. The predicted octanol–water partition coefficient (Wildman–Crippen LogP) is 5.14. The molecule has 0 amide bonds. The molecule has 0 bridgehead atoms. The van der Waals surface area contributed by atoms with Crippen molar-refractivity contribution in [3.05, 3.63) is 58.9 Å². The number of carbonyl (C=O) groups is 2. The zero-order valence-electron chi connectivity index (χ0n) is 16.6. The Morgan fingerprint density at radius 3 is 2.77 bits per heavy atom. The number of para-hydroxylation sites is 1. The molecule has 0 radical (unpaired) electrons. The quantitative estimate of drug-likeness (QED) is 0.402. The van der Waals surface area contributed by atoms with Crippen molar-refractivity contribution >= 4 is 33.3 Å². The van der Waals surface area contributed by atoms with Gasteiger partial charge in [-0.3, -0.25) is 9.59 Å². The molecular formula is C23H22FNO4S. The maximum atomic E-state index is 13.5. The Hall–Kier alpha value is -2.80. The molecular weight excluding hydrogens is 405 g/mol. The first kappa shape index (κ1) is 20.5. The van der Waals surface area contributed by atoms with E-state index in [2.05, 4.69) is 0 Å². The van der Waals surface area contributed by atoms with Crippen LogP contribution < -0.4 is 4.74 Å². The third-order valence-corrected chi connectivity index (χ3v) is 6.67. The summed E-state index contributed by atoms with van der Waals surface area (Å²) >= 11 is 1.61. The van der Waals surface area contributed by atoms with Crippen LogP contribution in [0.3, 0.4) is 0 Å². The van der Waals surface area contributed by atoms with Gasteiger partial charge in [-0.05, 0) is 43.2 Å². The zero-order chi connectivity index (χ0) is 21.1. The van der Waals surface area contributed by atoms with Crippen molar-refractivity contribution in [2.75, 3.05) is 13.7 Å². The van der Waals surface area contributed by atoms with Crippen LogP contribution in [-0.2, 0) is 9.53 Å². The first-order valence-electron chi connectivity index (χ1n) is 9.95. The molecule has 5 nitrogen and oxygen atoms in total. The largest absolute Gasteiger partial charge is 0.496 e. The van der Waals surface area contributed by atoms with E-state index in [-0.39, 0.29) is 23.1 Å². The number of hydrogen-bond acceptors (Lipinski definition) is 6. The van der Waals surface area contributed by atoms with Gasteiger partial charge in [0.05, 0.1) is 33.8 Å². The van der Waals surface area contributed by atoms with Crippen molar-refractivity contribution in [2.45, 2.75) is 31.6 Å². The number of carbonyl (C=O) groups excluding carboxylic acids is 2. The standard InChI is InChI=1S/C23H22FNO4S/c1-28-20-11-10-14(24)12-17(20)19(26)13-29-23(27)16-7-3-2-6-15(16)22-25-18-8-4-5-9-21(18)30-22/h4-5,8-12,15-16H,2-3,6-7,13H2,1H3/t15-,16-/m0/s1. The maximum absolute atomic E-state index is 13.5. The van der Waals surface area contributed by atoms with Gasteiger partial charge in [0, 0.05) is 5.92 Å². The number of rotatable bonds is 6. The number of ketones is 1. The fourth-order valence-corrected chi connectivity index (χ4v) is 5.14. The molecule has 1 saturated carbocycles. The van der Waals surface area contributed by atoms with Crippen LogP contribution in [0.2, 0.25) is 0 Å². The van der Waals surface area contributed by atoms with E-state index in [1.807, 2.05) is 24.3 Å². The zero-order valence-corrected chi connectivity index (χ0v) is 17.4. The minimum Gasteiger partial charge on any atom is -0.496 e. The molecule has 0 spiro atoms. The van der Waals surface area contributed by atoms with Gasteiger partial charge in [-0.2, -0.15) is 0 Å². The lowest BCUT2D eigenvalue weighted by atomic mass is 9.79. The Bertz CT molecular complexity index is 1050. The number of fused-ring (bicyclic) bond motifs is 1. The second-order valence-corrected chi connectivity index (χ2v) is 8.45. The lowest BCUT2D eigenvalue weighted by Crippen LogP contribution is -2.29. The number of nitrogens with zero attached hydrogens (tertiary/aromatic N) is 1. The van der Waals surface area contributed by atoms with Crippen LogP contribution in [0.15, 0.2) is 42.5 Å². The van der Waals surface area contributed by atoms with Crippen molar-refractivity contribution in [3.8, 4) is 5.75 Å². The van der Waals surface area contributed by atoms with Crippen molar-refractivity contribution in [1.29, 1.82) is 0 Å². The average Bonchev–Trinajstić information content (AvgIpc) is 3.21. The molecule has 30 heavy (non-hydrogen) atoms. The van der Waals surface area contributed by atoms with Gasteiger partial charge in [-0.25, -0.2) is 9.37 Å². The van der Waals surface area contributed by atoms with Crippen LogP contribution in [0.4, 0.5) is 4.39 Å². The van der Waals surface area contributed by atoms with Crippen LogP contribution in [0.1, 0.15) is 47.0 Å². The monoisotopic (exact) mass is 427 g/mol. The summed E-state index contributed by atoms with van der Waals surface area (Å²) in [7, 11) is 1.40. The summed E-state index contributed by atoms with van der Waals surface area (Å²) in [6, 6.07) is 11.6. The fourth-order valence-electron chi connectivity index (χ4n) is 3.98. The molecule has 1 aromatic heterocycles. The third-order valence-electron chi connectivity index (χ3n) is 5.50. The molecule has 0 aliphatic heterocycles. The molecule has 0 N–H and O–H groups in total. The van der Waals surface area contributed by atoms with Gasteiger partial charge in [0.25, 0.3) is 0 Å². The Morgan fingerprint density at radius 1 is 1.17 bits per heavy atom. The molecule has 3 aromatic rings. The number of esters is 1. The number of aromatic nitrogens is 1. The molecule has 7 heteroatoms. The van der Waals surface area contributed by atoms with Crippen LogP contribution in [0.25, 0.3) is 10.2 Å². The fraction of sp³-hybridized carbons (Fsp3) is 0.348. The highest BCUT2D eigenvalue weighted by Crippen LogP contribution is 2.41. The summed E-state index contributed by atoms with van der Waals surface area (Å²) in [4.78, 5) is 30.1. The van der Waals surface area contributed by atoms with E-state index in [0.29, 0.717) is 6.42 Å². The summed E-state index contributed by atoms with van der Waals surface area (Å²) in [5.41, 5.74) is 1.00. The lowest BCUT2D eigenvalue weighted by Gasteiger charge is -2.28. The Balaban J connectivity index is 1.47. The van der Waals surface area contributed by atoms with Gasteiger partial charge >= 0.3 is 5.97 Å². The summed E-state index contributed by atoms with van der Waals surface area (Å²) in [5, 5.41) is 0.941. The second-order valence-electron chi connectivity index (χ2n) is 7.39. The maximum Gasteiger partial charge on any atom is 0.310 e. The molecule has 0 saturated heterocycles. The van der Waals surface area contributed by atoms with E-state index in [4.69, 9.17) is 14.5 Å². The molecule has 1 aliphatic carbocycles. The number of hydrogen-bond donors (Lipinski definition) is 0. The van der Waals surface area contributed by atoms with Gasteiger partial charge in [-0.15, -0.1) is 11.3 Å². The second kappa shape index (κ2) is 8.92. The topological polar surface area (TPSA) is 65.5 Å². The van der Waals surface area contributed by atoms with Crippen LogP contribution in [0, 0.1) is 11.7 Å². The van der Waals surface area contributed by atoms with E-state index in [9.17, 15) is 14.0 Å². The Labute approximate surface area is 177 Å². The number of ether oxygens (including phenoxy) is 2. The average molecular weight is 427 g/mol. The molecule has 0 unspecified atom stereocenters. The number of methoxy groups -OCH3 is 1. The normalized spacial score (nSPS) is 18.9. The highest BCUT2D eigenvalue weighted by atomic mass is 32.1. The Morgan fingerprint density at radius 2 is 1.97 bits per heavy atom. The third kappa shape index (κ3) is 4.21. The molecule has 156 valence electrons. The molecule has 2 atom stereocenters. The molecule has 4 rings (SSSR count). The SMILES string of the molecule is COc1ccc(F)cc1C(=O)COC(=O)[C@H]1CCCC[C@@H]1c1nc2ccccc2s1. The first-order valence-corrected chi connectivity index (χ1v) is 10.8. The van der Waals surface area contributed by atoms with Gasteiger partial charge in [0.1, 0.15) is 11.6 Å². The first-order chi connectivity index (χ1) is 14.6. The number of Topliss-reactive ketones (excluding diaryl/α,β-unsaturated/α-hetero) is 1. The van der Waals surface area contributed by atoms with Crippen LogP contribution >= 0.6 is 11.3 Å². The number of halogens is 1. The van der Waals surface area contributed by atoms with Gasteiger partial charge < -0.3 is 9.47 Å². The van der Waals surface area contributed by atoms with E-state index < -0.39 is 24.2 Å². The summed E-state index contributed by atoms with van der Waals surface area (Å²) in [6.45, 7) is -0.443. The number of thiazole rings is 1. The van der Waals surface area contributed by atoms with E-state index >= 15 is 0 Å². The summed E-state index contributed by atoms with van der Waals surface area (Å²) < 4.78 is 25.1. The van der Waals surface area contributed by atoms with Gasteiger partial charge in [-0.1, -0.05) is 25.0 Å². The van der Waals surface area contributed by atoms with Gasteiger partial charge in [0.15, 0.2) is 6.61 Å². The molecule has 1 aliphatic rings. The van der Waals surface area contributed by atoms with Crippen LogP contribution in [0.5, 0.6) is 5.75 Å². The Kier molecular flexibility index (Phi) is 6.08. The minimum absolute atomic E-state index is 0.0116. The highest BCUT2D eigenvalue weighted by Gasteiger charge is 2.35. The van der Waals surface area contributed by atoms with E-state index in [0.717, 1.165) is 40.6 Å². The van der Waals surface area contributed by atoms with Crippen molar-refractivity contribution in [2.24, 2.45) is 5.92 Å². The number of benzene rings is 2. The van der Waals surface area contributed by atoms with E-state index in [1.165, 1.54) is 19.2 Å². The van der Waals surface area contributed by atoms with Gasteiger partial charge in [0.2, 0.25) is 5.78 Å². The smallest absolute Gasteiger partial charge is 0.310 e. The van der Waals surface area contributed by atoms with E-state index in [1.54, 1.807) is 11.3 Å². The van der Waals surface area contributed by atoms with Crippen molar-refractivity contribution in [1.82, 2.24) is 4.98 Å². The molecule has 2 aromatic carbocycles. The highest BCUT2D eigenvalue weighted by molar-refractivity contribution is 7.18. The summed E-state index contributed by atoms with van der Waals surface area (Å²) in [5.74, 6) is -1.53. The predicted molar refractivity (Wildman–Crippen MR) is 113 cm³/mol. The minimum atomic E-state index is -0.548. The van der Waals surface area contributed by atoms with Crippen LogP contribution in [-0.4, -0.2) is 30.5 Å². The van der Waals surface area contributed by atoms with Crippen molar-refractivity contribution < 1.29 is 23.5 Å². The summed E-state index contributed by atoms with van der Waals surface area (Å²) in [6.07, 6.45) is 3.54. The molecule has 1 fully saturated rings. The molecule has 1 heterocycles. The van der Waals surface area contributed by atoms with Crippen molar-refractivity contribution in [3.63, 3.8) is 0 Å².